The highest BCUT2D eigenvalue weighted by Gasteiger charge is 2.02. The first-order valence-electron chi connectivity index (χ1n) is 4.13. The van der Waals surface area contributed by atoms with Gasteiger partial charge in [-0.05, 0) is 31.1 Å². The molecular weight excluding hydrogens is 186 g/mol. The summed E-state index contributed by atoms with van der Waals surface area (Å²) in [7, 11) is 0. The van der Waals surface area contributed by atoms with Gasteiger partial charge in [0, 0.05) is 18.0 Å². The number of hydrogen-bond donors (Lipinski definition) is 0. The number of aromatic nitrogens is 1. The van der Waals surface area contributed by atoms with E-state index in [0.717, 1.165) is 11.4 Å². The fourth-order valence-electron chi connectivity index (χ4n) is 0.826. The van der Waals surface area contributed by atoms with Crippen LogP contribution in [0.4, 0.5) is 0 Å². The van der Waals surface area contributed by atoms with Crippen LogP contribution in [0.3, 0.4) is 0 Å². The Morgan fingerprint density at radius 2 is 2.38 bits per heavy atom. The minimum atomic E-state index is -0.877. The van der Waals surface area contributed by atoms with Crippen LogP contribution in [0, 0.1) is 6.92 Å². The molecule has 0 fully saturated rings. The molecule has 0 spiro atoms. The first kappa shape index (κ1) is 10.3. The van der Waals surface area contributed by atoms with Crippen LogP contribution in [0.5, 0.6) is 5.75 Å². The van der Waals surface area contributed by atoms with Gasteiger partial charge in [-0.15, -0.1) is 0 Å². The predicted molar refractivity (Wildman–Crippen MR) is 53.2 cm³/mol. The molecule has 1 aromatic rings. The second-order valence-corrected chi connectivity index (χ2v) is 4.32. The Bertz CT molecular complexity index is 268. The lowest BCUT2D eigenvalue weighted by Gasteiger charge is -2.09. The number of nitrogens with zero attached hydrogens (tertiary/aromatic N) is 1. The largest absolute Gasteiger partial charge is 0.614 e. The Morgan fingerprint density at radius 1 is 1.62 bits per heavy atom. The van der Waals surface area contributed by atoms with Crippen molar-refractivity contribution in [3.8, 4) is 5.75 Å². The molecule has 0 aliphatic carbocycles. The monoisotopic (exact) mass is 199 g/mol. The fraction of sp³-hybridized carbons (Fsp3) is 0.444. The van der Waals surface area contributed by atoms with E-state index in [-0.39, 0.29) is 5.94 Å². The van der Waals surface area contributed by atoms with E-state index >= 15 is 0 Å². The molecule has 1 heterocycles. The summed E-state index contributed by atoms with van der Waals surface area (Å²) in [5, 5.41) is 0. The zero-order chi connectivity index (χ0) is 9.68. The minimum absolute atomic E-state index is 0.264. The molecule has 0 saturated carbocycles. The van der Waals surface area contributed by atoms with Gasteiger partial charge >= 0.3 is 0 Å². The van der Waals surface area contributed by atoms with Gasteiger partial charge in [0.2, 0.25) is 5.94 Å². The van der Waals surface area contributed by atoms with Crippen LogP contribution in [-0.2, 0) is 11.2 Å². The lowest BCUT2D eigenvalue weighted by atomic mass is 10.4. The summed E-state index contributed by atoms with van der Waals surface area (Å²) in [6, 6.07) is 3.59. The Labute approximate surface area is 81.3 Å². The van der Waals surface area contributed by atoms with Crippen molar-refractivity contribution in [2.24, 2.45) is 0 Å². The standard InChI is InChI=1S/C9H13NO2S/c1-3-13(11)7-12-9-4-5-10-8(2)6-9/h4-6H,3,7H2,1-2H3. The predicted octanol–water partition coefficient (Wildman–Crippen LogP) is 1.49. The van der Waals surface area contributed by atoms with Crippen molar-refractivity contribution >= 4 is 11.2 Å². The van der Waals surface area contributed by atoms with Crippen molar-refractivity contribution in [3.63, 3.8) is 0 Å². The normalized spacial score (nSPS) is 12.5. The fourth-order valence-corrected chi connectivity index (χ4v) is 1.26. The van der Waals surface area contributed by atoms with E-state index in [4.69, 9.17) is 4.74 Å². The maximum Gasteiger partial charge on any atom is 0.244 e. The smallest absolute Gasteiger partial charge is 0.244 e. The van der Waals surface area contributed by atoms with Crippen LogP contribution >= 0.6 is 0 Å². The number of pyridine rings is 1. The van der Waals surface area contributed by atoms with Gasteiger partial charge in [-0.2, -0.15) is 0 Å². The summed E-state index contributed by atoms with van der Waals surface area (Å²) in [4.78, 5) is 4.03. The average Bonchev–Trinajstić information content (AvgIpc) is 2.14. The molecule has 0 bridgehead atoms. The SMILES string of the molecule is CC[S+]([O-])COc1ccnc(C)c1. The van der Waals surface area contributed by atoms with Gasteiger partial charge in [0.15, 0.2) is 0 Å². The number of rotatable bonds is 4. The van der Waals surface area contributed by atoms with Crippen LogP contribution < -0.4 is 4.74 Å². The molecular formula is C9H13NO2S. The summed E-state index contributed by atoms with van der Waals surface area (Å²) >= 11 is -0.877. The van der Waals surface area contributed by atoms with Gasteiger partial charge in [-0.25, -0.2) is 0 Å². The molecule has 0 amide bonds. The lowest BCUT2D eigenvalue weighted by molar-refractivity contribution is 0.376. The van der Waals surface area contributed by atoms with Crippen LogP contribution in [-0.4, -0.2) is 21.2 Å². The molecule has 0 aromatic carbocycles. The average molecular weight is 199 g/mol. The molecule has 13 heavy (non-hydrogen) atoms. The van der Waals surface area contributed by atoms with E-state index in [1.54, 1.807) is 12.3 Å². The molecule has 0 radical (unpaired) electrons. The Morgan fingerprint density at radius 3 is 3.00 bits per heavy atom. The highest BCUT2D eigenvalue weighted by molar-refractivity contribution is 7.91. The minimum Gasteiger partial charge on any atom is -0.614 e. The van der Waals surface area contributed by atoms with Crippen molar-refractivity contribution in [2.45, 2.75) is 13.8 Å². The molecule has 1 aromatic heterocycles. The first-order chi connectivity index (χ1) is 6.22. The summed E-state index contributed by atoms with van der Waals surface area (Å²) in [5.74, 6) is 1.62. The van der Waals surface area contributed by atoms with Gasteiger partial charge in [-0.1, -0.05) is 0 Å². The molecule has 3 nitrogen and oxygen atoms in total. The molecule has 0 N–H and O–H groups in total. The molecule has 4 heteroatoms. The van der Waals surface area contributed by atoms with Crippen molar-refractivity contribution < 1.29 is 9.29 Å². The van der Waals surface area contributed by atoms with Crippen molar-refractivity contribution in [3.05, 3.63) is 24.0 Å². The van der Waals surface area contributed by atoms with Crippen LogP contribution in [0.2, 0.25) is 0 Å². The molecule has 1 unspecified atom stereocenters. The van der Waals surface area contributed by atoms with Gasteiger partial charge < -0.3 is 9.29 Å². The van der Waals surface area contributed by atoms with Crippen LogP contribution in [0.15, 0.2) is 18.3 Å². The number of aryl methyl sites for hydroxylation is 1. The van der Waals surface area contributed by atoms with E-state index in [1.807, 2.05) is 19.9 Å². The van der Waals surface area contributed by atoms with E-state index < -0.39 is 11.2 Å². The molecule has 1 rings (SSSR count). The summed E-state index contributed by atoms with van der Waals surface area (Å²) < 4.78 is 16.3. The number of ether oxygens (including phenoxy) is 1. The highest BCUT2D eigenvalue weighted by atomic mass is 32.2. The van der Waals surface area contributed by atoms with E-state index in [9.17, 15) is 4.55 Å². The number of hydrogen-bond acceptors (Lipinski definition) is 3. The highest BCUT2D eigenvalue weighted by Crippen LogP contribution is 2.10. The summed E-state index contributed by atoms with van der Waals surface area (Å²) in [5.41, 5.74) is 0.903. The van der Waals surface area contributed by atoms with Gasteiger partial charge in [0.1, 0.15) is 11.5 Å². The summed E-state index contributed by atoms with van der Waals surface area (Å²) in [6.07, 6.45) is 1.68. The van der Waals surface area contributed by atoms with E-state index in [0.29, 0.717) is 5.75 Å². The summed E-state index contributed by atoms with van der Waals surface area (Å²) in [6.45, 7) is 3.76. The molecule has 72 valence electrons. The Balaban J connectivity index is 2.45. The zero-order valence-electron chi connectivity index (χ0n) is 7.82. The van der Waals surface area contributed by atoms with Gasteiger partial charge in [0.05, 0.1) is 0 Å². The van der Waals surface area contributed by atoms with E-state index in [1.165, 1.54) is 0 Å². The lowest BCUT2D eigenvalue weighted by Crippen LogP contribution is -2.14. The quantitative estimate of drug-likeness (QED) is 0.690. The maximum atomic E-state index is 11.0. The Kier molecular flexibility index (Phi) is 4.05. The second-order valence-electron chi connectivity index (χ2n) is 2.62. The third kappa shape index (κ3) is 3.65. The molecule has 0 aliphatic heterocycles. The first-order valence-corrected chi connectivity index (χ1v) is 5.61. The van der Waals surface area contributed by atoms with Gasteiger partial charge in [0.25, 0.3) is 0 Å². The maximum absolute atomic E-state index is 11.0. The molecule has 0 saturated heterocycles. The third-order valence-corrected chi connectivity index (χ3v) is 2.57. The van der Waals surface area contributed by atoms with Gasteiger partial charge in [-0.3, -0.25) is 4.98 Å². The van der Waals surface area contributed by atoms with Crippen molar-refractivity contribution in [1.82, 2.24) is 4.98 Å². The second kappa shape index (κ2) is 5.09. The Hall–Kier alpha value is -0.740. The van der Waals surface area contributed by atoms with Crippen LogP contribution in [0.25, 0.3) is 0 Å². The van der Waals surface area contributed by atoms with Crippen LogP contribution in [0.1, 0.15) is 12.6 Å². The van der Waals surface area contributed by atoms with Crippen molar-refractivity contribution in [1.29, 1.82) is 0 Å². The zero-order valence-corrected chi connectivity index (χ0v) is 8.63. The van der Waals surface area contributed by atoms with E-state index in [2.05, 4.69) is 4.98 Å². The molecule has 0 aliphatic rings. The third-order valence-electron chi connectivity index (χ3n) is 1.55. The topological polar surface area (TPSA) is 45.2 Å². The molecule has 1 atom stereocenters. The van der Waals surface area contributed by atoms with Crippen molar-refractivity contribution in [2.75, 3.05) is 11.7 Å².